The number of amides is 1. The summed E-state index contributed by atoms with van der Waals surface area (Å²) in [5.74, 6) is -0.00680. The van der Waals surface area contributed by atoms with Crippen LogP contribution in [0.25, 0.3) is 0 Å². The van der Waals surface area contributed by atoms with Crippen molar-refractivity contribution in [2.45, 2.75) is 42.8 Å². The molecule has 20 heavy (non-hydrogen) atoms. The van der Waals surface area contributed by atoms with Crippen molar-refractivity contribution in [1.82, 2.24) is 4.90 Å². The second-order valence-electron chi connectivity index (χ2n) is 5.25. The highest BCUT2D eigenvalue weighted by Crippen LogP contribution is 2.18. The molecule has 2 unspecified atom stereocenters. The van der Waals surface area contributed by atoms with E-state index in [0.29, 0.717) is 10.6 Å². The number of nitrogen functional groups attached to an aromatic ring is 1. The van der Waals surface area contributed by atoms with Crippen LogP contribution in [-0.2, 0) is 15.6 Å². The number of benzene rings is 1. The quantitative estimate of drug-likeness (QED) is 0.869. The second-order valence-corrected chi connectivity index (χ2v) is 7.02. The van der Waals surface area contributed by atoms with E-state index < -0.39 is 16.0 Å². The fourth-order valence-electron chi connectivity index (χ4n) is 2.48. The first-order chi connectivity index (χ1) is 9.59. The Morgan fingerprint density at radius 3 is 2.50 bits per heavy atom. The smallest absolute Gasteiger partial charge is 0.238 e. The molecule has 0 spiro atoms. The Hall–Kier alpha value is -1.36. The minimum Gasteiger partial charge on any atom is -0.399 e. The van der Waals surface area contributed by atoms with Crippen molar-refractivity contribution in [3.8, 4) is 0 Å². The van der Waals surface area contributed by atoms with Crippen molar-refractivity contribution in [3.05, 3.63) is 24.3 Å². The minimum absolute atomic E-state index is 0.00680. The molecule has 1 fully saturated rings. The van der Waals surface area contributed by atoms with E-state index >= 15 is 0 Å². The van der Waals surface area contributed by atoms with Gasteiger partial charge in [0.2, 0.25) is 5.91 Å². The van der Waals surface area contributed by atoms with Crippen LogP contribution in [0.2, 0.25) is 0 Å². The SMILES string of the molecule is CC(C(=O)N1CCCCCC1)S(=O)c1cccc(N)c1. The Morgan fingerprint density at radius 1 is 1.25 bits per heavy atom. The van der Waals surface area contributed by atoms with Crippen molar-refractivity contribution < 1.29 is 9.00 Å². The highest BCUT2D eigenvalue weighted by Gasteiger charge is 2.26. The maximum absolute atomic E-state index is 12.5. The van der Waals surface area contributed by atoms with Crippen molar-refractivity contribution >= 4 is 22.4 Å². The normalized spacial score (nSPS) is 19.1. The number of carbonyl (C=O) groups excluding carboxylic acids is 1. The summed E-state index contributed by atoms with van der Waals surface area (Å²) in [6, 6.07) is 6.97. The summed E-state index contributed by atoms with van der Waals surface area (Å²) in [6.07, 6.45) is 4.44. The molecular weight excluding hydrogens is 272 g/mol. The maximum atomic E-state index is 12.5. The van der Waals surface area contributed by atoms with E-state index in [9.17, 15) is 9.00 Å². The molecule has 1 aromatic rings. The van der Waals surface area contributed by atoms with Crippen LogP contribution in [0, 0.1) is 0 Å². The number of hydrogen-bond donors (Lipinski definition) is 1. The van der Waals surface area contributed by atoms with Crippen LogP contribution < -0.4 is 5.73 Å². The summed E-state index contributed by atoms with van der Waals surface area (Å²) < 4.78 is 12.5. The van der Waals surface area contributed by atoms with E-state index in [1.54, 1.807) is 31.2 Å². The van der Waals surface area contributed by atoms with Crippen molar-refractivity contribution in [2.24, 2.45) is 0 Å². The van der Waals surface area contributed by atoms with E-state index in [1.165, 1.54) is 12.8 Å². The monoisotopic (exact) mass is 294 g/mol. The predicted octanol–water partition coefficient (Wildman–Crippen LogP) is 2.17. The molecule has 0 radical (unpaired) electrons. The predicted molar refractivity (Wildman–Crippen MR) is 81.8 cm³/mol. The van der Waals surface area contributed by atoms with Crippen LogP contribution in [0.1, 0.15) is 32.6 Å². The summed E-state index contributed by atoms with van der Waals surface area (Å²) in [7, 11) is -1.35. The first-order valence-electron chi connectivity index (χ1n) is 7.14. The Bertz CT molecular complexity index is 496. The molecule has 0 bridgehead atoms. The molecule has 1 aliphatic heterocycles. The largest absolute Gasteiger partial charge is 0.399 e. The highest BCUT2D eigenvalue weighted by molar-refractivity contribution is 7.86. The number of likely N-dealkylation sites (tertiary alicyclic amines) is 1. The Kier molecular flexibility index (Phi) is 5.17. The number of anilines is 1. The standard InChI is InChI=1S/C15H22N2O2S/c1-12(15(18)17-9-4-2-3-5-10-17)20(19)14-8-6-7-13(16)11-14/h6-8,11-12H,2-5,9-10,16H2,1H3. The Labute approximate surface area is 122 Å². The number of carbonyl (C=O) groups is 1. The minimum atomic E-state index is -1.35. The van der Waals surface area contributed by atoms with Gasteiger partial charge in [-0.15, -0.1) is 0 Å². The highest BCUT2D eigenvalue weighted by atomic mass is 32.2. The van der Waals surface area contributed by atoms with Gasteiger partial charge in [-0.05, 0) is 38.0 Å². The first kappa shape index (κ1) is 15.0. The molecule has 0 aliphatic carbocycles. The molecule has 110 valence electrons. The first-order valence-corrected chi connectivity index (χ1v) is 8.36. The van der Waals surface area contributed by atoms with Gasteiger partial charge in [-0.25, -0.2) is 0 Å². The lowest BCUT2D eigenvalue weighted by Crippen LogP contribution is -2.40. The zero-order valence-electron chi connectivity index (χ0n) is 11.9. The zero-order chi connectivity index (χ0) is 14.5. The summed E-state index contributed by atoms with van der Waals surface area (Å²) in [4.78, 5) is 14.9. The molecule has 5 heteroatoms. The number of nitrogens with zero attached hydrogens (tertiary/aromatic N) is 1. The fourth-order valence-corrected chi connectivity index (χ4v) is 3.69. The molecule has 0 aromatic heterocycles. The molecule has 2 rings (SSSR count). The molecule has 1 aliphatic rings. The van der Waals surface area contributed by atoms with Crippen LogP contribution >= 0.6 is 0 Å². The molecule has 1 aromatic carbocycles. The number of nitrogens with two attached hydrogens (primary N) is 1. The van der Waals surface area contributed by atoms with Crippen LogP contribution in [0.4, 0.5) is 5.69 Å². The van der Waals surface area contributed by atoms with Gasteiger partial charge in [0.25, 0.3) is 0 Å². The van der Waals surface area contributed by atoms with Gasteiger partial charge in [0.05, 0.1) is 10.8 Å². The van der Waals surface area contributed by atoms with E-state index in [2.05, 4.69) is 0 Å². The van der Waals surface area contributed by atoms with Crippen molar-refractivity contribution in [2.75, 3.05) is 18.8 Å². The third kappa shape index (κ3) is 3.60. The topological polar surface area (TPSA) is 63.4 Å². The van der Waals surface area contributed by atoms with E-state index in [0.717, 1.165) is 25.9 Å². The molecular formula is C15H22N2O2S. The van der Waals surface area contributed by atoms with Crippen LogP contribution in [0.15, 0.2) is 29.2 Å². The average molecular weight is 294 g/mol. The molecule has 4 nitrogen and oxygen atoms in total. The summed E-state index contributed by atoms with van der Waals surface area (Å²) >= 11 is 0. The van der Waals surface area contributed by atoms with Gasteiger partial charge in [0.15, 0.2) is 0 Å². The lowest BCUT2D eigenvalue weighted by Gasteiger charge is -2.23. The maximum Gasteiger partial charge on any atom is 0.238 e. The third-order valence-corrected chi connectivity index (χ3v) is 5.24. The van der Waals surface area contributed by atoms with Crippen LogP contribution in [0.3, 0.4) is 0 Å². The molecule has 1 saturated heterocycles. The van der Waals surface area contributed by atoms with Gasteiger partial charge < -0.3 is 10.6 Å². The van der Waals surface area contributed by atoms with E-state index in [-0.39, 0.29) is 5.91 Å². The van der Waals surface area contributed by atoms with Gasteiger partial charge in [0.1, 0.15) is 5.25 Å². The molecule has 0 saturated carbocycles. The van der Waals surface area contributed by atoms with E-state index in [4.69, 9.17) is 5.73 Å². The van der Waals surface area contributed by atoms with Crippen molar-refractivity contribution in [1.29, 1.82) is 0 Å². The van der Waals surface area contributed by atoms with Gasteiger partial charge in [-0.1, -0.05) is 18.9 Å². The van der Waals surface area contributed by atoms with Crippen LogP contribution in [0.5, 0.6) is 0 Å². The number of rotatable bonds is 3. The van der Waals surface area contributed by atoms with Gasteiger partial charge in [-0.2, -0.15) is 0 Å². The molecule has 2 N–H and O–H groups in total. The summed E-state index contributed by atoms with van der Waals surface area (Å²) in [6.45, 7) is 3.32. The van der Waals surface area contributed by atoms with E-state index in [1.807, 2.05) is 4.90 Å². The molecule has 2 atom stereocenters. The lowest BCUT2D eigenvalue weighted by atomic mass is 10.2. The molecule has 1 amide bonds. The average Bonchev–Trinajstić information content (AvgIpc) is 2.74. The molecule has 1 heterocycles. The summed E-state index contributed by atoms with van der Waals surface area (Å²) in [5.41, 5.74) is 6.28. The van der Waals surface area contributed by atoms with Gasteiger partial charge >= 0.3 is 0 Å². The Morgan fingerprint density at radius 2 is 1.90 bits per heavy atom. The van der Waals surface area contributed by atoms with Gasteiger partial charge in [-0.3, -0.25) is 9.00 Å². The second kappa shape index (κ2) is 6.88. The number of hydrogen-bond acceptors (Lipinski definition) is 3. The zero-order valence-corrected chi connectivity index (χ0v) is 12.7. The van der Waals surface area contributed by atoms with Crippen LogP contribution in [-0.4, -0.2) is 33.4 Å². The fraction of sp³-hybridized carbons (Fsp3) is 0.533. The summed E-state index contributed by atoms with van der Waals surface area (Å²) in [5, 5.41) is -0.519. The Balaban J connectivity index is 2.07. The lowest BCUT2D eigenvalue weighted by molar-refractivity contribution is -0.130. The third-order valence-electron chi connectivity index (χ3n) is 3.68. The van der Waals surface area contributed by atoms with Crippen molar-refractivity contribution in [3.63, 3.8) is 0 Å². The van der Waals surface area contributed by atoms with Gasteiger partial charge in [0, 0.05) is 23.7 Å².